The zero-order valence-electron chi connectivity index (χ0n) is 16.5. The number of hydrogen-bond donors (Lipinski definition) is 1. The SMILES string of the molecule is O=C(Cn1nc(-c2cccc3ccccc23)ccc1=O)Nc1ccccc1OC(F)(F)F. The van der Waals surface area contributed by atoms with Gasteiger partial charge in [0, 0.05) is 11.6 Å². The fourth-order valence-electron chi connectivity index (χ4n) is 3.26. The number of alkyl halides is 3. The predicted octanol–water partition coefficient (Wildman–Crippen LogP) is 4.60. The summed E-state index contributed by atoms with van der Waals surface area (Å²) >= 11 is 0. The van der Waals surface area contributed by atoms with Crippen molar-refractivity contribution < 1.29 is 22.7 Å². The van der Waals surface area contributed by atoms with E-state index in [2.05, 4.69) is 15.2 Å². The number of carbonyl (C=O) groups is 1. The highest BCUT2D eigenvalue weighted by molar-refractivity contribution is 5.95. The van der Waals surface area contributed by atoms with Gasteiger partial charge in [0.1, 0.15) is 6.54 Å². The number of anilines is 1. The third-order valence-electron chi connectivity index (χ3n) is 4.61. The Kier molecular flexibility index (Phi) is 5.63. The lowest BCUT2D eigenvalue weighted by Gasteiger charge is -2.14. The molecule has 162 valence electrons. The van der Waals surface area contributed by atoms with E-state index in [0.717, 1.165) is 27.1 Å². The summed E-state index contributed by atoms with van der Waals surface area (Å²) in [4.78, 5) is 24.7. The van der Waals surface area contributed by atoms with Gasteiger partial charge in [-0.05, 0) is 29.0 Å². The third kappa shape index (κ3) is 4.77. The Balaban J connectivity index is 1.60. The zero-order valence-corrected chi connectivity index (χ0v) is 16.5. The van der Waals surface area contributed by atoms with Crippen LogP contribution < -0.4 is 15.6 Å². The molecule has 3 aromatic carbocycles. The van der Waals surface area contributed by atoms with E-state index in [9.17, 15) is 22.8 Å². The van der Waals surface area contributed by atoms with E-state index in [4.69, 9.17) is 0 Å². The van der Waals surface area contributed by atoms with Crippen molar-refractivity contribution in [3.63, 3.8) is 0 Å². The first-order chi connectivity index (χ1) is 15.3. The Hall–Kier alpha value is -4.14. The highest BCUT2D eigenvalue weighted by atomic mass is 19.4. The number of hydrogen-bond acceptors (Lipinski definition) is 4. The molecule has 1 aromatic heterocycles. The van der Waals surface area contributed by atoms with Gasteiger partial charge in [0.2, 0.25) is 5.91 Å². The first-order valence-electron chi connectivity index (χ1n) is 9.51. The molecule has 0 radical (unpaired) electrons. The lowest BCUT2D eigenvalue weighted by atomic mass is 10.0. The van der Waals surface area contributed by atoms with Crippen LogP contribution in [0.2, 0.25) is 0 Å². The quantitative estimate of drug-likeness (QED) is 0.493. The molecule has 0 saturated carbocycles. The maximum absolute atomic E-state index is 12.6. The van der Waals surface area contributed by atoms with Crippen molar-refractivity contribution in [1.29, 1.82) is 0 Å². The molecule has 0 fully saturated rings. The average Bonchev–Trinajstić information content (AvgIpc) is 2.75. The van der Waals surface area contributed by atoms with Crippen LogP contribution in [0.25, 0.3) is 22.0 Å². The number of carbonyl (C=O) groups excluding carboxylic acids is 1. The van der Waals surface area contributed by atoms with E-state index in [1.54, 1.807) is 6.07 Å². The number of fused-ring (bicyclic) bond motifs is 1. The molecule has 0 spiro atoms. The van der Waals surface area contributed by atoms with Crippen LogP contribution >= 0.6 is 0 Å². The van der Waals surface area contributed by atoms with Crippen molar-refractivity contribution in [3.8, 4) is 17.0 Å². The van der Waals surface area contributed by atoms with Gasteiger partial charge in [0.05, 0.1) is 11.4 Å². The number of amides is 1. The van der Waals surface area contributed by atoms with Crippen molar-refractivity contribution >= 4 is 22.4 Å². The molecule has 0 aliphatic heterocycles. The van der Waals surface area contributed by atoms with Gasteiger partial charge in [-0.1, -0.05) is 54.6 Å². The Morgan fingerprint density at radius 3 is 2.47 bits per heavy atom. The van der Waals surface area contributed by atoms with Gasteiger partial charge in [0.25, 0.3) is 5.56 Å². The molecule has 32 heavy (non-hydrogen) atoms. The number of benzene rings is 3. The van der Waals surface area contributed by atoms with E-state index < -0.39 is 30.1 Å². The number of nitrogens with zero attached hydrogens (tertiary/aromatic N) is 2. The number of ether oxygens (including phenoxy) is 1. The summed E-state index contributed by atoms with van der Waals surface area (Å²) in [6, 6.07) is 21.3. The van der Waals surface area contributed by atoms with Gasteiger partial charge < -0.3 is 10.1 Å². The summed E-state index contributed by atoms with van der Waals surface area (Å²) in [5, 5.41) is 8.54. The molecule has 0 aliphatic rings. The third-order valence-corrected chi connectivity index (χ3v) is 4.61. The number of para-hydroxylation sites is 2. The maximum Gasteiger partial charge on any atom is 0.573 e. The van der Waals surface area contributed by atoms with Gasteiger partial charge >= 0.3 is 6.36 Å². The fraction of sp³-hybridized carbons (Fsp3) is 0.0870. The molecule has 1 N–H and O–H groups in total. The molecule has 9 heteroatoms. The van der Waals surface area contributed by atoms with Crippen LogP contribution in [0, 0.1) is 0 Å². The summed E-state index contributed by atoms with van der Waals surface area (Å²) in [5.41, 5.74) is 0.563. The van der Waals surface area contributed by atoms with E-state index in [1.165, 1.54) is 24.3 Å². The van der Waals surface area contributed by atoms with E-state index in [0.29, 0.717) is 5.69 Å². The molecule has 0 aliphatic carbocycles. The zero-order chi connectivity index (χ0) is 22.7. The lowest BCUT2D eigenvalue weighted by Crippen LogP contribution is -2.29. The summed E-state index contributed by atoms with van der Waals surface area (Å²) < 4.78 is 42.6. The molecular weight excluding hydrogens is 423 g/mol. The number of halogens is 3. The largest absolute Gasteiger partial charge is 0.573 e. The fourth-order valence-corrected chi connectivity index (χ4v) is 3.26. The Morgan fingerprint density at radius 2 is 1.66 bits per heavy atom. The molecule has 0 bridgehead atoms. The Morgan fingerprint density at radius 1 is 0.938 bits per heavy atom. The van der Waals surface area contributed by atoms with Crippen molar-refractivity contribution in [1.82, 2.24) is 9.78 Å². The molecule has 4 aromatic rings. The number of nitrogens with one attached hydrogen (secondary N) is 1. The standard InChI is InChI=1S/C23H16F3N3O3/c24-23(25,26)32-20-11-4-3-10-19(20)27-21(30)14-29-22(31)13-12-18(28-29)17-9-5-7-15-6-1-2-8-16(15)17/h1-13H,14H2,(H,27,30). The summed E-state index contributed by atoms with van der Waals surface area (Å²) in [5.74, 6) is -1.29. The minimum absolute atomic E-state index is 0.173. The summed E-state index contributed by atoms with van der Waals surface area (Å²) in [6.45, 7) is -0.488. The van der Waals surface area contributed by atoms with E-state index in [-0.39, 0.29) is 5.69 Å². The smallest absolute Gasteiger partial charge is 0.404 e. The normalized spacial score (nSPS) is 11.3. The molecule has 0 atom stereocenters. The molecule has 1 heterocycles. The van der Waals surface area contributed by atoms with Crippen LogP contribution in [0.3, 0.4) is 0 Å². The second kappa shape index (κ2) is 8.54. The maximum atomic E-state index is 12.6. The summed E-state index contributed by atoms with van der Waals surface area (Å²) in [7, 11) is 0. The second-order valence-corrected chi connectivity index (χ2v) is 6.83. The van der Waals surface area contributed by atoms with Crippen molar-refractivity contribution in [2.45, 2.75) is 12.9 Å². The summed E-state index contributed by atoms with van der Waals surface area (Å²) in [6.07, 6.45) is -4.91. The van der Waals surface area contributed by atoms with Gasteiger partial charge in [-0.2, -0.15) is 5.10 Å². The van der Waals surface area contributed by atoms with Crippen LogP contribution in [-0.2, 0) is 11.3 Å². The monoisotopic (exact) mass is 439 g/mol. The Bertz CT molecular complexity index is 1340. The molecular formula is C23H16F3N3O3. The van der Waals surface area contributed by atoms with Crippen LogP contribution in [0.5, 0.6) is 5.75 Å². The Labute approximate surface area is 179 Å². The van der Waals surface area contributed by atoms with Crippen LogP contribution in [-0.4, -0.2) is 22.1 Å². The van der Waals surface area contributed by atoms with E-state index >= 15 is 0 Å². The first kappa shape index (κ1) is 21.1. The predicted molar refractivity (Wildman–Crippen MR) is 113 cm³/mol. The van der Waals surface area contributed by atoms with Crippen molar-refractivity contribution in [3.05, 3.63) is 89.2 Å². The van der Waals surface area contributed by atoms with Gasteiger partial charge in [-0.15, -0.1) is 13.2 Å². The topological polar surface area (TPSA) is 73.2 Å². The van der Waals surface area contributed by atoms with Crippen LogP contribution in [0.15, 0.2) is 83.7 Å². The van der Waals surface area contributed by atoms with Gasteiger partial charge in [-0.3, -0.25) is 9.59 Å². The van der Waals surface area contributed by atoms with Crippen LogP contribution in [0.1, 0.15) is 0 Å². The highest BCUT2D eigenvalue weighted by Crippen LogP contribution is 2.30. The van der Waals surface area contributed by atoms with Gasteiger partial charge in [0.15, 0.2) is 5.75 Å². The number of aromatic nitrogens is 2. The average molecular weight is 439 g/mol. The highest BCUT2D eigenvalue weighted by Gasteiger charge is 2.32. The van der Waals surface area contributed by atoms with E-state index in [1.807, 2.05) is 42.5 Å². The van der Waals surface area contributed by atoms with Crippen LogP contribution in [0.4, 0.5) is 18.9 Å². The lowest BCUT2D eigenvalue weighted by molar-refractivity contribution is -0.274. The molecule has 6 nitrogen and oxygen atoms in total. The number of rotatable bonds is 5. The minimum atomic E-state index is -4.91. The van der Waals surface area contributed by atoms with Crippen molar-refractivity contribution in [2.24, 2.45) is 0 Å². The van der Waals surface area contributed by atoms with Gasteiger partial charge in [-0.25, -0.2) is 4.68 Å². The first-order valence-corrected chi connectivity index (χ1v) is 9.51. The minimum Gasteiger partial charge on any atom is -0.404 e. The van der Waals surface area contributed by atoms with Crippen molar-refractivity contribution in [2.75, 3.05) is 5.32 Å². The molecule has 4 rings (SSSR count). The second-order valence-electron chi connectivity index (χ2n) is 6.83. The molecule has 0 unspecified atom stereocenters. The molecule has 0 saturated heterocycles. The molecule has 1 amide bonds.